The van der Waals surface area contributed by atoms with Gasteiger partial charge in [-0.3, -0.25) is 4.98 Å². The Bertz CT molecular complexity index is 550. The fourth-order valence-corrected chi connectivity index (χ4v) is 3.07. The third-order valence-corrected chi connectivity index (χ3v) is 4.39. The summed E-state index contributed by atoms with van der Waals surface area (Å²) in [5.41, 5.74) is 4.27. The number of hydrogen-bond acceptors (Lipinski definition) is 2. The summed E-state index contributed by atoms with van der Waals surface area (Å²) in [5, 5.41) is 0. The van der Waals surface area contributed by atoms with Crippen LogP contribution in [0.2, 0.25) is 0 Å². The van der Waals surface area contributed by atoms with Gasteiger partial charge in [-0.05, 0) is 49.6 Å². The van der Waals surface area contributed by atoms with Crippen LogP contribution in [-0.2, 0) is 19.3 Å². The third-order valence-electron chi connectivity index (χ3n) is 4.39. The van der Waals surface area contributed by atoms with Crippen LogP contribution in [0.15, 0.2) is 48.7 Å². The van der Waals surface area contributed by atoms with E-state index in [9.17, 15) is 0 Å². The summed E-state index contributed by atoms with van der Waals surface area (Å²) >= 11 is 0. The molecular formula is C18H22N2. The zero-order valence-corrected chi connectivity index (χ0v) is 12.1. The molecule has 20 heavy (non-hydrogen) atoms. The number of hydrogen-bond donors (Lipinski definition) is 0. The Morgan fingerprint density at radius 3 is 2.70 bits per heavy atom. The van der Waals surface area contributed by atoms with Gasteiger partial charge >= 0.3 is 0 Å². The maximum absolute atomic E-state index is 4.41. The first-order chi connectivity index (χ1) is 9.83. The molecule has 104 valence electrons. The predicted octanol–water partition coefficient (Wildman–Crippen LogP) is 3.11. The van der Waals surface area contributed by atoms with E-state index in [1.54, 1.807) is 5.56 Å². The molecule has 1 atom stereocenters. The highest BCUT2D eigenvalue weighted by atomic mass is 15.1. The number of pyridine rings is 1. The fraction of sp³-hybridized carbons (Fsp3) is 0.389. The van der Waals surface area contributed by atoms with Crippen molar-refractivity contribution in [3.63, 3.8) is 0 Å². The predicted molar refractivity (Wildman–Crippen MR) is 82.8 cm³/mol. The van der Waals surface area contributed by atoms with Gasteiger partial charge in [-0.25, -0.2) is 0 Å². The van der Waals surface area contributed by atoms with Gasteiger partial charge in [-0.2, -0.15) is 0 Å². The minimum Gasteiger partial charge on any atom is -0.303 e. The number of benzene rings is 1. The Morgan fingerprint density at radius 2 is 1.90 bits per heavy atom. The molecule has 1 aliphatic carbocycles. The molecular weight excluding hydrogens is 244 g/mol. The van der Waals surface area contributed by atoms with E-state index in [-0.39, 0.29) is 0 Å². The van der Waals surface area contributed by atoms with Crippen molar-refractivity contribution in [3.8, 4) is 0 Å². The van der Waals surface area contributed by atoms with Crippen LogP contribution in [0.1, 0.15) is 23.2 Å². The standard InChI is InChI=1S/C18H22N2/c1-20(13-11-17-8-4-5-12-19-17)18-10-9-15-6-2-3-7-16(15)14-18/h2-8,12,18H,9-11,13-14H2,1H3/t18-/m1/s1. The molecule has 1 aliphatic rings. The second-order valence-corrected chi connectivity index (χ2v) is 5.72. The molecule has 0 radical (unpaired) electrons. The monoisotopic (exact) mass is 266 g/mol. The third kappa shape index (κ3) is 3.07. The maximum atomic E-state index is 4.41. The lowest BCUT2D eigenvalue weighted by molar-refractivity contribution is 0.224. The van der Waals surface area contributed by atoms with Gasteiger partial charge in [-0.1, -0.05) is 30.3 Å². The van der Waals surface area contributed by atoms with Gasteiger partial charge in [-0.15, -0.1) is 0 Å². The van der Waals surface area contributed by atoms with Crippen molar-refractivity contribution in [1.82, 2.24) is 9.88 Å². The van der Waals surface area contributed by atoms with Crippen molar-refractivity contribution in [2.75, 3.05) is 13.6 Å². The molecule has 0 fully saturated rings. The van der Waals surface area contributed by atoms with E-state index in [0.717, 1.165) is 13.0 Å². The Balaban J connectivity index is 1.58. The van der Waals surface area contributed by atoms with E-state index in [1.165, 1.54) is 30.5 Å². The second-order valence-electron chi connectivity index (χ2n) is 5.72. The van der Waals surface area contributed by atoms with Crippen molar-refractivity contribution >= 4 is 0 Å². The summed E-state index contributed by atoms with van der Waals surface area (Å²) in [6.45, 7) is 1.09. The molecule has 1 aromatic carbocycles. The van der Waals surface area contributed by atoms with Crippen LogP contribution in [0.3, 0.4) is 0 Å². The summed E-state index contributed by atoms with van der Waals surface area (Å²) in [6.07, 6.45) is 6.60. The summed E-state index contributed by atoms with van der Waals surface area (Å²) < 4.78 is 0. The largest absolute Gasteiger partial charge is 0.303 e. The zero-order chi connectivity index (χ0) is 13.8. The molecule has 2 aromatic rings. The Kier molecular flexibility index (Phi) is 4.12. The quantitative estimate of drug-likeness (QED) is 0.845. The normalized spacial score (nSPS) is 18.0. The summed E-state index contributed by atoms with van der Waals surface area (Å²) in [7, 11) is 2.25. The van der Waals surface area contributed by atoms with E-state index in [1.807, 2.05) is 12.3 Å². The van der Waals surface area contributed by atoms with Crippen LogP contribution in [-0.4, -0.2) is 29.5 Å². The van der Waals surface area contributed by atoms with Crippen LogP contribution in [0, 0.1) is 0 Å². The molecule has 1 heterocycles. The second kappa shape index (κ2) is 6.19. The Morgan fingerprint density at radius 1 is 1.10 bits per heavy atom. The van der Waals surface area contributed by atoms with Gasteiger partial charge in [0.15, 0.2) is 0 Å². The van der Waals surface area contributed by atoms with Crippen LogP contribution in [0.5, 0.6) is 0 Å². The smallest absolute Gasteiger partial charge is 0.0416 e. The molecule has 2 heteroatoms. The Labute approximate surface area is 121 Å². The highest BCUT2D eigenvalue weighted by molar-refractivity contribution is 5.30. The van der Waals surface area contributed by atoms with Crippen molar-refractivity contribution in [2.45, 2.75) is 31.7 Å². The van der Waals surface area contributed by atoms with Crippen LogP contribution in [0.25, 0.3) is 0 Å². The maximum Gasteiger partial charge on any atom is 0.0416 e. The SMILES string of the molecule is CN(CCc1ccccn1)[C@@H]1CCc2ccccc2C1. The summed E-state index contributed by atoms with van der Waals surface area (Å²) in [6, 6.07) is 15.7. The summed E-state index contributed by atoms with van der Waals surface area (Å²) in [4.78, 5) is 6.91. The van der Waals surface area contributed by atoms with Gasteiger partial charge in [0, 0.05) is 30.9 Å². The highest BCUT2D eigenvalue weighted by Gasteiger charge is 2.21. The van der Waals surface area contributed by atoms with Gasteiger partial charge in [0.1, 0.15) is 0 Å². The number of aromatic nitrogens is 1. The average Bonchev–Trinajstić information content (AvgIpc) is 2.53. The molecule has 0 amide bonds. The van der Waals surface area contributed by atoms with Crippen molar-refractivity contribution in [1.29, 1.82) is 0 Å². The number of aryl methyl sites for hydroxylation is 1. The molecule has 0 spiro atoms. The highest BCUT2D eigenvalue weighted by Crippen LogP contribution is 2.23. The number of nitrogens with zero attached hydrogens (tertiary/aromatic N) is 2. The number of fused-ring (bicyclic) bond motifs is 1. The van der Waals surface area contributed by atoms with Crippen molar-refractivity contribution in [3.05, 3.63) is 65.5 Å². The van der Waals surface area contributed by atoms with Crippen LogP contribution in [0.4, 0.5) is 0 Å². The first kappa shape index (κ1) is 13.3. The van der Waals surface area contributed by atoms with Crippen molar-refractivity contribution in [2.24, 2.45) is 0 Å². The first-order valence-corrected chi connectivity index (χ1v) is 7.50. The molecule has 1 aromatic heterocycles. The lowest BCUT2D eigenvalue weighted by Crippen LogP contribution is -2.37. The molecule has 0 saturated carbocycles. The topological polar surface area (TPSA) is 16.1 Å². The van der Waals surface area contributed by atoms with E-state index >= 15 is 0 Å². The first-order valence-electron chi connectivity index (χ1n) is 7.50. The zero-order valence-electron chi connectivity index (χ0n) is 12.1. The molecule has 3 rings (SSSR count). The van der Waals surface area contributed by atoms with E-state index < -0.39 is 0 Å². The van der Waals surface area contributed by atoms with Gasteiger partial charge < -0.3 is 4.90 Å². The van der Waals surface area contributed by atoms with Gasteiger partial charge in [0.2, 0.25) is 0 Å². The number of rotatable bonds is 4. The molecule has 2 nitrogen and oxygen atoms in total. The molecule has 0 unspecified atom stereocenters. The molecule has 0 N–H and O–H groups in total. The lowest BCUT2D eigenvalue weighted by Gasteiger charge is -2.32. The fourth-order valence-electron chi connectivity index (χ4n) is 3.07. The van der Waals surface area contributed by atoms with E-state index in [4.69, 9.17) is 0 Å². The number of likely N-dealkylation sites (N-methyl/N-ethyl adjacent to an activating group) is 1. The lowest BCUT2D eigenvalue weighted by atomic mass is 9.87. The molecule has 0 aliphatic heterocycles. The van der Waals surface area contributed by atoms with Crippen LogP contribution >= 0.6 is 0 Å². The molecule has 0 bridgehead atoms. The minimum absolute atomic E-state index is 0.675. The van der Waals surface area contributed by atoms with Gasteiger partial charge in [0.05, 0.1) is 0 Å². The van der Waals surface area contributed by atoms with Gasteiger partial charge in [0.25, 0.3) is 0 Å². The Hall–Kier alpha value is -1.67. The minimum atomic E-state index is 0.675. The summed E-state index contributed by atoms with van der Waals surface area (Å²) in [5.74, 6) is 0. The average molecular weight is 266 g/mol. The van der Waals surface area contributed by atoms with Crippen molar-refractivity contribution < 1.29 is 0 Å². The van der Waals surface area contributed by atoms with Crippen LogP contribution < -0.4 is 0 Å². The van der Waals surface area contributed by atoms with E-state index in [0.29, 0.717) is 6.04 Å². The molecule has 0 saturated heterocycles. The van der Waals surface area contributed by atoms with E-state index in [2.05, 4.69) is 53.3 Å².